The second-order valence-corrected chi connectivity index (χ2v) is 5.90. The maximum absolute atomic E-state index is 12.9. The van der Waals surface area contributed by atoms with E-state index in [2.05, 4.69) is 12.3 Å². The number of hydrazine groups is 1. The van der Waals surface area contributed by atoms with Crippen molar-refractivity contribution in [2.24, 2.45) is 17.7 Å². The lowest BCUT2D eigenvalue weighted by molar-refractivity contribution is -0.186. The molecule has 0 aliphatic heterocycles. The molecule has 1 saturated carbocycles. The first-order valence-corrected chi connectivity index (χ1v) is 7.57. The highest BCUT2D eigenvalue weighted by atomic mass is 19.4. The Morgan fingerprint density at radius 2 is 1.90 bits per heavy atom. The van der Waals surface area contributed by atoms with E-state index in [4.69, 9.17) is 5.84 Å². The predicted octanol–water partition coefficient (Wildman–Crippen LogP) is 4.12. The summed E-state index contributed by atoms with van der Waals surface area (Å²) in [4.78, 5) is 0. The summed E-state index contributed by atoms with van der Waals surface area (Å²) in [6, 6.07) is 7.77. The van der Waals surface area contributed by atoms with Gasteiger partial charge in [-0.25, -0.2) is 0 Å². The molecule has 1 aromatic carbocycles. The Morgan fingerprint density at radius 3 is 2.43 bits per heavy atom. The van der Waals surface area contributed by atoms with Crippen molar-refractivity contribution in [3.05, 3.63) is 35.4 Å². The lowest BCUT2D eigenvalue weighted by Gasteiger charge is -2.35. The molecule has 0 spiro atoms. The lowest BCUT2D eigenvalue weighted by Crippen LogP contribution is -2.38. The van der Waals surface area contributed by atoms with Crippen molar-refractivity contribution >= 4 is 0 Å². The van der Waals surface area contributed by atoms with Gasteiger partial charge in [0, 0.05) is 6.04 Å². The minimum atomic E-state index is -4.09. The highest BCUT2D eigenvalue weighted by molar-refractivity contribution is 5.25. The third-order valence-electron chi connectivity index (χ3n) is 4.58. The average Bonchev–Trinajstić information content (AvgIpc) is 2.48. The van der Waals surface area contributed by atoms with Gasteiger partial charge in [-0.2, -0.15) is 13.2 Å². The summed E-state index contributed by atoms with van der Waals surface area (Å²) in [6.45, 7) is 2.07. The highest BCUT2D eigenvalue weighted by Crippen LogP contribution is 2.43. The van der Waals surface area contributed by atoms with Crippen LogP contribution >= 0.6 is 0 Å². The third kappa shape index (κ3) is 3.98. The second-order valence-electron chi connectivity index (χ2n) is 5.90. The van der Waals surface area contributed by atoms with E-state index >= 15 is 0 Å². The van der Waals surface area contributed by atoms with E-state index < -0.39 is 12.1 Å². The molecule has 0 heterocycles. The zero-order valence-electron chi connectivity index (χ0n) is 12.3. The first-order chi connectivity index (χ1) is 9.95. The smallest absolute Gasteiger partial charge is 0.271 e. The van der Waals surface area contributed by atoms with Crippen molar-refractivity contribution in [3.8, 4) is 0 Å². The molecular formula is C16H23F3N2. The summed E-state index contributed by atoms with van der Waals surface area (Å²) >= 11 is 0. The summed E-state index contributed by atoms with van der Waals surface area (Å²) in [7, 11) is 0. The highest BCUT2D eigenvalue weighted by Gasteiger charge is 2.43. The van der Waals surface area contributed by atoms with Crippen LogP contribution in [0.1, 0.15) is 49.8 Å². The predicted molar refractivity (Wildman–Crippen MR) is 77.4 cm³/mol. The molecule has 21 heavy (non-hydrogen) atoms. The van der Waals surface area contributed by atoms with E-state index in [1.54, 1.807) is 0 Å². The molecule has 0 radical (unpaired) electrons. The molecule has 1 aliphatic carbocycles. The fourth-order valence-electron chi connectivity index (χ4n) is 3.29. The molecule has 1 aromatic rings. The number of nitrogens with two attached hydrogens (primary N) is 1. The van der Waals surface area contributed by atoms with Crippen molar-refractivity contribution in [2.45, 2.75) is 51.2 Å². The summed E-state index contributed by atoms with van der Waals surface area (Å²) in [5.41, 5.74) is 4.92. The molecule has 0 amide bonds. The average molecular weight is 300 g/mol. The van der Waals surface area contributed by atoms with Crippen LogP contribution in [0, 0.1) is 11.8 Å². The minimum Gasteiger partial charge on any atom is -0.271 e. The zero-order chi connectivity index (χ0) is 15.5. The van der Waals surface area contributed by atoms with Gasteiger partial charge in [0.1, 0.15) is 0 Å². The molecule has 0 aromatic heterocycles. The standard InChI is InChI=1S/C16H23F3N2/c1-2-11-6-8-12(9-7-11)15(21-20)13-4-3-5-14(10-13)16(17,18)19/h6-9,13-15,21H,2-5,10,20H2,1H3. The number of hydrogen-bond acceptors (Lipinski definition) is 2. The first kappa shape index (κ1) is 16.3. The maximum Gasteiger partial charge on any atom is 0.391 e. The van der Waals surface area contributed by atoms with Crippen LogP contribution < -0.4 is 11.3 Å². The van der Waals surface area contributed by atoms with Crippen molar-refractivity contribution in [1.82, 2.24) is 5.43 Å². The summed E-state index contributed by atoms with van der Waals surface area (Å²) in [6.07, 6.45) is -1.35. The Labute approximate surface area is 123 Å². The molecule has 2 nitrogen and oxygen atoms in total. The molecule has 118 valence electrons. The van der Waals surface area contributed by atoms with Gasteiger partial charge in [-0.05, 0) is 42.7 Å². The van der Waals surface area contributed by atoms with Crippen LogP contribution in [0.4, 0.5) is 13.2 Å². The van der Waals surface area contributed by atoms with Crippen molar-refractivity contribution in [3.63, 3.8) is 0 Å². The molecule has 1 aliphatic rings. The molecule has 3 N–H and O–H groups in total. The van der Waals surface area contributed by atoms with Gasteiger partial charge in [-0.15, -0.1) is 0 Å². The van der Waals surface area contributed by atoms with E-state index in [-0.39, 0.29) is 24.8 Å². The van der Waals surface area contributed by atoms with Gasteiger partial charge in [0.25, 0.3) is 0 Å². The first-order valence-electron chi connectivity index (χ1n) is 7.57. The Kier molecular flexibility index (Phi) is 5.27. The van der Waals surface area contributed by atoms with Crippen LogP contribution in [0.2, 0.25) is 0 Å². The van der Waals surface area contributed by atoms with E-state index in [1.165, 1.54) is 5.56 Å². The zero-order valence-corrected chi connectivity index (χ0v) is 12.3. The van der Waals surface area contributed by atoms with E-state index in [9.17, 15) is 13.2 Å². The normalized spacial score (nSPS) is 24.8. The van der Waals surface area contributed by atoms with Gasteiger partial charge in [0.15, 0.2) is 0 Å². The van der Waals surface area contributed by atoms with E-state index in [0.29, 0.717) is 6.42 Å². The number of aryl methyl sites for hydroxylation is 1. The summed E-state index contributed by atoms with van der Waals surface area (Å²) in [5, 5.41) is 0. The van der Waals surface area contributed by atoms with Gasteiger partial charge in [-0.1, -0.05) is 37.6 Å². The van der Waals surface area contributed by atoms with Crippen LogP contribution in [0.15, 0.2) is 24.3 Å². The largest absolute Gasteiger partial charge is 0.391 e. The van der Waals surface area contributed by atoms with E-state index in [1.807, 2.05) is 24.3 Å². The quantitative estimate of drug-likeness (QED) is 0.648. The Hall–Kier alpha value is -1.07. The minimum absolute atomic E-state index is 0.0668. The van der Waals surface area contributed by atoms with Crippen LogP contribution in [0.5, 0.6) is 0 Å². The monoisotopic (exact) mass is 300 g/mol. The van der Waals surface area contributed by atoms with Crippen molar-refractivity contribution in [2.75, 3.05) is 0 Å². The summed E-state index contributed by atoms with van der Waals surface area (Å²) < 4.78 is 38.8. The maximum atomic E-state index is 12.9. The van der Waals surface area contributed by atoms with Crippen molar-refractivity contribution < 1.29 is 13.2 Å². The van der Waals surface area contributed by atoms with Gasteiger partial charge in [0.05, 0.1) is 5.92 Å². The number of hydrogen-bond donors (Lipinski definition) is 2. The fraction of sp³-hybridized carbons (Fsp3) is 0.625. The van der Waals surface area contributed by atoms with Gasteiger partial charge in [-0.3, -0.25) is 11.3 Å². The van der Waals surface area contributed by atoms with Gasteiger partial charge in [0.2, 0.25) is 0 Å². The SMILES string of the molecule is CCc1ccc(C(NN)C2CCCC(C(F)(F)F)C2)cc1. The molecule has 3 atom stereocenters. The Bertz CT molecular complexity index is 442. The fourth-order valence-corrected chi connectivity index (χ4v) is 3.29. The molecule has 5 heteroatoms. The number of rotatable bonds is 4. The molecule has 1 fully saturated rings. The van der Waals surface area contributed by atoms with Crippen molar-refractivity contribution in [1.29, 1.82) is 0 Å². The molecule has 0 bridgehead atoms. The third-order valence-corrected chi connectivity index (χ3v) is 4.58. The number of nitrogens with one attached hydrogen (secondary N) is 1. The van der Waals surface area contributed by atoms with Crippen LogP contribution in [0.3, 0.4) is 0 Å². The number of halogens is 3. The van der Waals surface area contributed by atoms with Crippen LogP contribution in [-0.2, 0) is 6.42 Å². The topological polar surface area (TPSA) is 38.0 Å². The number of benzene rings is 1. The van der Waals surface area contributed by atoms with Crippen LogP contribution in [0.25, 0.3) is 0 Å². The van der Waals surface area contributed by atoms with Gasteiger partial charge < -0.3 is 0 Å². The second kappa shape index (κ2) is 6.79. The Morgan fingerprint density at radius 1 is 1.24 bits per heavy atom. The van der Waals surface area contributed by atoms with Gasteiger partial charge >= 0.3 is 6.18 Å². The molecular weight excluding hydrogens is 277 g/mol. The van der Waals surface area contributed by atoms with Crippen LogP contribution in [-0.4, -0.2) is 6.18 Å². The molecule has 0 saturated heterocycles. The molecule has 2 rings (SSSR count). The summed E-state index contributed by atoms with van der Waals surface area (Å²) in [5.74, 6) is 4.37. The Balaban J connectivity index is 2.12. The lowest BCUT2D eigenvalue weighted by atomic mass is 9.76. The number of alkyl halides is 3. The van der Waals surface area contributed by atoms with E-state index in [0.717, 1.165) is 18.4 Å². The molecule has 3 unspecified atom stereocenters.